The number of amides is 2. The molecule has 0 aromatic heterocycles. The lowest BCUT2D eigenvalue weighted by Gasteiger charge is -2.34. The van der Waals surface area contributed by atoms with Gasteiger partial charge in [0.25, 0.3) is 5.91 Å². The van der Waals surface area contributed by atoms with Gasteiger partial charge >= 0.3 is 0 Å². The van der Waals surface area contributed by atoms with Crippen LogP contribution in [0.4, 0.5) is 0 Å². The number of hydrogen-bond donors (Lipinski definition) is 1. The Balaban J connectivity index is 1.46. The third-order valence-electron chi connectivity index (χ3n) is 6.13. The molecule has 162 valence electrons. The maximum Gasteiger partial charge on any atom is 0.275 e. The van der Waals surface area contributed by atoms with Gasteiger partial charge in [0.15, 0.2) is 23.0 Å². The molecule has 8 nitrogen and oxygen atoms in total. The average molecular weight is 432 g/mol. The van der Waals surface area contributed by atoms with Crippen LogP contribution in [-0.2, 0) is 20.7 Å². The first-order chi connectivity index (χ1) is 15.7. The van der Waals surface area contributed by atoms with Crippen molar-refractivity contribution < 1.29 is 28.9 Å². The van der Waals surface area contributed by atoms with Crippen molar-refractivity contribution in [3.8, 4) is 11.5 Å². The molecule has 1 N–H and O–H groups in total. The van der Waals surface area contributed by atoms with Crippen LogP contribution in [0, 0.1) is 0 Å². The second-order valence-electron chi connectivity index (χ2n) is 7.95. The van der Waals surface area contributed by atoms with Crippen molar-refractivity contribution in [3.05, 3.63) is 76.7 Å². The van der Waals surface area contributed by atoms with E-state index in [1.165, 1.54) is 9.80 Å². The Labute approximate surface area is 183 Å². The number of allylic oxidation sites excluding steroid dienone is 2. The highest BCUT2D eigenvalue weighted by Crippen LogP contribution is 2.47. The highest BCUT2D eigenvalue weighted by atomic mass is 16.7. The molecule has 1 atom stereocenters. The van der Waals surface area contributed by atoms with Crippen molar-refractivity contribution in [1.29, 1.82) is 0 Å². The van der Waals surface area contributed by atoms with Crippen LogP contribution in [0.1, 0.15) is 22.9 Å². The Hall–Kier alpha value is -3.78. The van der Waals surface area contributed by atoms with E-state index in [9.17, 15) is 14.7 Å². The average Bonchev–Trinajstić information content (AvgIpc) is 3.53. The van der Waals surface area contributed by atoms with Crippen LogP contribution in [0.15, 0.2) is 60.0 Å². The number of carbonyl (C=O) groups is 2. The molecule has 32 heavy (non-hydrogen) atoms. The van der Waals surface area contributed by atoms with Gasteiger partial charge in [0.05, 0.1) is 6.61 Å². The third kappa shape index (κ3) is 2.73. The number of benzene rings is 2. The first-order valence-corrected chi connectivity index (χ1v) is 10.5. The van der Waals surface area contributed by atoms with E-state index >= 15 is 0 Å². The molecule has 2 aromatic carbocycles. The van der Waals surface area contributed by atoms with E-state index in [4.69, 9.17) is 14.2 Å². The Bertz CT molecular complexity index is 1220. The molecule has 4 aliphatic rings. The van der Waals surface area contributed by atoms with E-state index in [0.717, 1.165) is 23.1 Å². The molecule has 1 saturated heterocycles. The minimum Gasteiger partial charge on any atom is -0.463 e. The zero-order valence-corrected chi connectivity index (χ0v) is 17.1. The van der Waals surface area contributed by atoms with Gasteiger partial charge in [-0.1, -0.05) is 30.3 Å². The molecule has 0 radical (unpaired) electrons. The van der Waals surface area contributed by atoms with E-state index < -0.39 is 6.23 Å². The zero-order chi connectivity index (χ0) is 21.8. The summed E-state index contributed by atoms with van der Waals surface area (Å²) >= 11 is 0. The molecule has 1 unspecified atom stereocenters. The quantitative estimate of drug-likeness (QED) is 0.795. The summed E-state index contributed by atoms with van der Waals surface area (Å²) in [4.78, 5) is 29.4. The Morgan fingerprint density at radius 1 is 1.06 bits per heavy atom. The van der Waals surface area contributed by atoms with Crippen LogP contribution in [0.3, 0.4) is 0 Å². The second-order valence-corrected chi connectivity index (χ2v) is 7.95. The SMILES string of the molecule is O=C1C2=C(C3=CCc4ccccc43)OC(c3ccc4c(c3)OCO4)N2C(=O)CN1CCO. The highest BCUT2D eigenvalue weighted by Gasteiger charge is 2.48. The smallest absolute Gasteiger partial charge is 0.275 e. The molecule has 6 rings (SSSR count). The van der Waals surface area contributed by atoms with Crippen molar-refractivity contribution in [1.82, 2.24) is 9.80 Å². The van der Waals surface area contributed by atoms with Crippen LogP contribution >= 0.6 is 0 Å². The molecular formula is C24H20N2O6. The fourth-order valence-electron chi connectivity index (χ4n) is 4.64. The molecule has 1 aliphatic carbocycles. The number of carbonyl (C=O) groups excluding carboxylic acids is 2. The summed E-state index contributed by atoms with van der Waals surface area (Å²) in [6.07, 6.45) is 1.95. The molecule has 1 fully saturated rings. The maximum atomic E-state index is 13.4. The predicted octanol–water partition coefficient (Wildman–Crippen LogP) is 1.96. The van der Waals surface area contributed by atoms with E-state index in [0.29, 0.717) is 22.8 Å². The number of nitrogens with zero attached hydrogens (tertiary/aromatic N) is 2. The minimum atomic E-state index is -0.795. The van der Waals surface area contributed by atoms with Gasteiger partial charge in [-0.2, -0.15) is 0 Å². The molecule has 3 heterocycles. The van der Waals surface area contributed by atoms with Gasteiger partial charge in [0.2, 0.25) is 18.9 Å². The topological polar surface area (TPSA) is 88.5 Å². The van der Waals surface area contributed by atoms with Gasteiger partial charge < -0.3 is 24.2 Å². The van der Waals surface area contributed by atoms with Crippen LogP contribution in [0.2, 0.25) is 0 Å². The molecule has 0 bridgehead atoms. The second kappa shape index (κ2) is 7.13. The fourth-order valence-corrected chi connectivity index (χ4v) is 4.64. The Kier molecular flexibility index (Phi) is 4.22. The van der Waals surface area contributed by atoms with Gasteiger partial charge in [-0.3, -0.25) is 14.5 Å². The Morgan fingerprint density at radius 2 is 1.91 bits per heavy atom. The number of piperazine rings is 1. The maximum absolute atomic E-state index is 13.4. The lowest BCUT2D eigenvalue weighted by atomic mass is 10.0. The number of aliphatic hydroxyl groups excluding tert-OH is 1. The highest BCUT2D eigenvalue weighted by molar-refractivity contribution is 6.06. The normalized spacial score (nSPS) is 21.0. The van der Waals surface area contributed by atoms with Crippen molar-refractivity contribution >= 4 is 17.4 Å². The molecule has 3 aliphatic heterocycles. The fraction of sp³-hybridized carbons (Fsp3) is 0.250. The van der Waals surface area contributed by atoms with Gasteiger partial charge in [0.1, 0.15) is 6.54 Å². The summed E-state index contributed by atoms with van der Waals surface area (Å²) in [6, 6.07) is 13.3. The van der Waals surface area contributed by atoms with Crippen molar-refractivity contribution in [2.24, 2.45) is 0 Å². The number of hydrogen-bond acceptors (Lipinski definition) is 6. The van der Waals surface area contributed by atoms with Crippen LogP contribution in [0.5, 0.6) is 11.5 Å². The number of fused-ring (bicyclic) bond motifs is 3. The van der Waals surface area contributed by atoms with Crippen molar-refractivity contribution in [2.45, 2.75) is 12.6 Å². The first-order valence-electron chi connectivity index (χ1n) is 10.5. The van der Waals surface area contributed by atoms with Gasteiger partial charge in [-0.25, -0.2) is 0 Å². The van der Waals surface area contributed by atoms with Gasteiger partial charge in [0, 0.05) is 17.7 Å². The zero-order valence-electron chi connectivity index (χ0n) is 17.1. The lowest BCUT2D eigenvalue weighted by molar-refractivity contribution is -0.150. The predicted molar refractivity (Wildman–Crippen MR) is 112 cm³/mol. The molecular weight excluding hydrogens is 412 g/mol. The van der Waals surface area contributed by atoms with Gasteiger partial charge in [-0.05, 0) is 35.7 Å². The number of aliphatic hydroxyl groups is 1. The molecule has 0 spiro atoms. The summed E-state index contributed by atoms with van der Waals surface area (Å²) in [6.45, 7) is -0.116. The summed E-state index contributed by atoms with van der Waals surface area (Å²) in [5, 5.41) is 9.39. The molecule has 2 amide bonds. The molecule has 0 saturated carbocycles. The largest absolute Gasteiger partial charge is 0.463 e. The van der Waals surface area contributed by atoms with Crippen LogP contribution in [-0.4, -0.2) is 53.2 Å². The monoisotopic (exact) mass is 432 g/mol. The minimum absolute atomic E-state index is 0.0829. The summed E-state index contributed by atoms with van der Waals surface area (Å²) in [5.74, 6) is 0.991. The summed E-state index contributed by atoms with van der Waals surface area (Å²) < 4.78 is 17.3. The number of ether oxygens (including phenoxy) is 3. The van der Waals surface area contributed by atoms with E-state index in [1.807, 2.05) is 36.4 Å². The number of β-amino-alcohol motifs (C(OH)–C–C–N with tert-alkyl or cyclic N) is 1. The van der Waals surface area contributed by atoms with Crippen molar-refractivity contribution in [2.75, 3.05) is 26.5 Å². The van der Waals surface area contributed by atoms with Crippen molar-refractivity contribution in [3.63, 3.8) is 0 Å². The standard InChI is InChI=1S/C24H20N2O6/c27-10-9-25-12-20(28)26-21(23(25)29)22(17-7-5-14-3-1-2-4-16(14)17)32-24(26)15-6-8-18-19(11-15)31-13-30-18/h1-4,6-8,11,24,27H,5,9-10,12-13H2. The number of rotatable bonds is 4. The van der Waals surface area contributed by atoms with Crippen LogP contribution in [0.25, 0.3) is 5.57 Å². The molecule has 8 heteroatoms. The lowest BCUT2D eigenvalue weighted by Crippen LogP contribution is -2.52. The third-order valence-corrected chi connectivity index (χ3v) is 6.13. The van der Waals surface area contributed by atoms with E-state index in [-0.39, 0.29) is 44.0 Å². The first kappa shape index (κ1) is 18.9. The van der Waals surface area contributed by atoms with Crippen LogP contribution < -0.4 is 9.47 Å². The summed E-state index contributed by atoms with van der Waals surface area (Å²) in [7, 11) is 0. The Morgan fingerprint density at radius 3 is 2.78 bits per heavy atom. The van der Waals surface area contributed by atoms with Gasteiger partial charge in [-0.15, -0.1) is 0 Å². The van der Waals surface area contributed by atoms with E-state index in [1.54, 1.807) is 12.1 Å². The van der Waals surface area contributed by atoms with E-state index in [2.05, 4.69) is 0 Å². The molecule has 2 aromatic rings. The summed E-state index contributed by atoms with van der Waals surface area (Å²) in [5.41, 5.74) is 3.82.